The number of thioether (sulfide) groups is 2. The number of hydrogen-bond donors (Lipinski definition) is 4. The molecule has 292 valence electrons. The van der Waals surface area contributed by atoms with Crippen molar-refractivity contribution in [3.05, 3.63) is 201 Å². The van der Waals surface area contributed by atoms with Crippen LogP contribution < -0.4 is 0 Å². The molecule has 0 radical (unpaired) electrons. The van der Waals surface area contributed by atoms with E-state index in [1.807, 2.05) is 72.4 Å². The third-order valence-electron chi connectivity index (χ3n) is 10.7. The molecule has 2 aliphatic heterocycles. The van der Waals surface area contributed by atoms with Crippen molar-refractivity contribution in [2.45, 2.75) is 47.3 Å². The average molecular weight is 805 g/mol. The minimum absolute atomic E-state index is 0.0916. The Morgan fingerprint density at radius 1 is 0.500 bits per heavy atom. The number of aliphatic carboxylic acids is 2. The van der Waals surface area contributed by atoms with E-state index in [1.54, 1.807) is 42.1 Å². The normalized spacial score (nSPS) is 18.5. The van der Waals surface area contributed by atoms with Gasteiger partial charge in [0.2, 0.25) is 0 Å². The Morgan fingerprint density at radius 3 is 1.38 bits per heavy atom. The number of phenols is 2. The van der Waals surface area contributed by atoms with Gasteiger partial charge in [0.15, 0.2) is 0 Å². The Balaban J connectivity index is 0.000000177. The zero-order valence-electron chi connectivity index (χ0n) is 32.2. The quantitative estimate of drug-likeness (QED) is 0.112. The molecule has 6 aromatic rings. The van der Waals surface area contributed by atoms with E-state index < -0.39 is 11.9 Å². The van der Waals surface area contributed by atoms with Gasteiger partial charge in [0.05, 0.1) is 0 Å². The molecule has 2 heterocycles. The van der Waals surface area contributed by atoms with E-state index in [9.17, 15) is 19.8 Å². The molecule has 0 aliphatic carbocycles. The standard InChI is InChI=1S/C26H24O2S.C24H20O4S/c1-17-3-9-20(10-4-17)23-16-29-24-15-18(2)5-13-22(24)26(23)21-11-6-19(7-12-21)8-14-25(27)28;25-18-8-6-16(7-9-18)21-14-29-22-13-19(26)10-11-20(22)24(21)17-4-1-15(2-5-17)3-12-23(27)28/h3-15,23,26H,16H2,1-2H3,(H,27,28);1-13,21,24-26H,14H2,(H,27,28)/b14-8+;12-3+. The molecule has 4 atom stereocenters. The number of carboxylic acid groups (broad SMARTS) is 2. The molecule has 0 bridgehead atoms. The zero-order valence-corrected chi connectivity index (χ0v) is 33.8. The number of benzene rings is 6. The van der Waals surface area contributed by atoms with Crippen LogP contribution in [0.15, 0.2) is 155 Å². The second-order valence-corrected chi connectivity index (χ2v) is 16.9. The van der Waals surface area contributed by atoms with E-state index in [-0.39, 0.29) is 29.3 Å². The summed E-state index contributed by atoms with van der Waals surface area (Å²) in [6, 6.07) is 44.8. The summed E-state index contributed by atoms with van der Waals surface area (Å²) < 4.78 is 0. The molecule has 6 nitrogen and oxygen atoms in total. The summed E-state index contributed by atoms with van der Waals surface area (Å²) in [5, 5.41) is 37.2. The maximum Gasteiger partial charge on any atom is 0.328 e. The maximum absolute atomic E-state index is 10.8. The monoisotopic (exact) mass is 804 g/mol. The van der Waals surface area contributed by atoms with Crippen molar-refractivity contribution in [3.8, 4) is 11.5 Å². The number of hydrogen-bond acceptors (Lipinski definition) is 6. The lowest BCUT2D eigenvalue weighted by atomic mass is 9.77. The SMILES string of the molecule is Cc1ccc(C2CSc3cc(C)ccc3C2c2ccc(/C=C/C(=O)O)cc2)cc1.O=C(O)/C=C/c1ccc(C2c3ccc(O)cc3SCC2c2ccc(O)cc2)cc1. The van der Waals surface area contributed by atoms with Crippen LogP contribution in [0.4, 0.5) is 0 Å². The number of rotatable bonds is 8. The molecule has 58 heavy (non-hydrogen) atoms. The summed E-state index contributed by atoms with van der Waals surface area (Å²) in [5.74, 6) is 1.48. The molecule has 8 rings (SSSR count). The van der Waals surface area contributed by atoms with Crippen LogP contribution >= 0.6 is 23.5 Å². The zero-order chi connectivity index (χ0) is 40.8. The molecule has 0 saturated carbocycles. The van der Waals surface area contributed by atoms with Crippen molar-refractivity contribution >= 4 is 47.6 Å². The largest absolute Gasteiger partial charge is 0.508 e. The van der Waals surface area contributed by atoms with Crippen LogP contribution in [-0.4, -0.2) is 43.9 Å². The van der Waals surface area contributed by atoms with Crippen LogP contribution in [0.25, 0.3) is 12.2 Å². The summed E-state index contributed by atoms with van der Waals surface area (Å²) in [5.41, 5.74) is 11.7. The van der Waals surface area contributed by atoms with Crippen molar-refractivity contribution < 1.29 is 30.0 Å². The molecule has 0 spiro atoms. The third-order valence-corrected chi connectivity index (χ3v) is 13.1. The van der Waals surface area contributed by atoms with Crippen LogP contribution in [0.5, 0.6) is 11.5 Å². The van der Waals surface area contributed by atoms with Gasteiger partial charge in [-0.15, -0.1) is 23.5 Å². The number of fused-ring (bicyclic) bond motifs is 2. The summed E-state index contributed by atoms with van der Waals surface area (Å²) >= 11 is 3.67. The number of carbonyl (C=O) groups is 2. The molecule has 6 aromatic carbocycles. The van der Waals surface area contributed by atoms with E-state index in [1.165, 1.54) is 38.8 Å². The van der Waals surface area contributed by atoms with Gasteiger partial charge in [-0.25, -0.2) is 9.59 Å². The number of carboxylic acids is 2. The van der Waals surface area contributed by atoms with E-state index >= 15 is 0 Å². The molecule has 0 amide bonds. The lowest BCUT2D eigenvalue weighted by molar-refractivity contribution is -0.132. The summed E-state index contributed by atoms with van der Waals surface area (Å²) in [7, 11) is 0. The predicted molar refractivity (Wildman–Crippen MR) is 235 cm³/mol. The highest BCUT2D eigenvalue weighted by atomic mass is 32.2. The first kappa shape index (κ1) is 40.2. The Bertz CT molecular complexity index is 2280. The molecule has 0 fully saturated rings. The Kier molecular flexibility index (Phi) is 12.6. The smallest absolute Gasteiger partial charge is 0.328 e. The molecule has 4 N–H and O–H groups in total. The Morgan fingerprint density at radius 2 is 0.897 bits per heavy atom. The highest BCUT2D eigenvalue weighted by Gasteiger charge is 2.34. The van der Waals surface area contributed by atoms with Crippen LogP contribution in [0.2, 0.25) is 0 Å². The van der Waals surface area contributed by atoms with E-state index in [2.05, 4.69) is 68.4 Å². The van der Waals surface area contributed by atoms with Gasteiger partial charge in [-0.05, 0) is 106 Å². The van der Waals surface area contributed by atoms with Crippen LogP contribution in [0.3, 0.4) is 0 Å². The number of aromatic hydroxyl groups is 2. The van der Waals surface area contributed by atoms with Gasteiger partial charge in [0.25, 0.3) is 0 Å². The summed E-state index contributed by atoms with van der Waals surface area (Å²) in [4.78, 5) is 24.0. The predicted octanol–water partition coefficient (Wildman–Crippen LogP) is 11.6. The van der Waals surface area contributed by atoms with E-state index in [4.69, 9.17) is 10.2 Å². The van der Waals surface area contributed by atoms with Crippen molar-refractivity contribution in [1.82, 2.24) is 0 Å². The Hall–Kier alpha value is -5.96. The van der Waals surface area contributed by atoms with Gasteiger partial charge in [0.1, 0.15) is 11.5 Å². The summed E-state index contributed by atoms with van der Waals surface area (Å²) in [6.45, 7) is 4.27. The molecular weight excluding hydrogens is 761 g/mol. The second-order valence-electron chi connectivity index (χ2n) is 14.7. The van der Waals surface area contributed by atoms with Crippen molar-refractivity contribution in [2.75, 3.05) is 11.5 Å². The number of aryl methyl sites for hydroxylation is 2. The lowest BCUT2D eigenvalue weighted by Gasteiger charge is -2.34. The van der Waals surface area contributed by atoms with Gasteiger partial charge >= 0.3 is 11.9 Å². The fourth-order valence-electron chi connectivity index (χ4n) is 7.81. The van der Waals surface area contributed by atoms with Gasteiger partial charge in [-0.3, -0.25) is 0 Å². The minimum Gasteiger partial charge on any atom is -0.508 e. The Labute approximate surface area is 347 Å². The van der Waals surface area contributed by atoms with Crippen molar-refractivity contribution in [3.63, 3.8) is 0 Å². The van der Waals surface area contributed by atoms with Gasteiger partial charge < -0.3 is 20.4 Å². The van der Waals surface area contributed by atoms with Crippen molar-refractivity contribution in [2.24, 2.45) is 0 Å². The molecule has 0 saturated heterocycles. The van der Waals surface area contributed by atoms with Crippen LogP contribution in [0.1, 0.15) is 79.3 Å². The average Bonchev–Trinajstić information content (AvgIpc) is 3.22. The van der Waals surface area contributed by atoms with Crippen LogP contribution in [0, 0.1) is 13.8 Å². The molecule has 0 aromatic heterocycles. The second kappa shape index (κ2) is 18.1. The first-order valence-corrected chi connectivity index (χ1v) is 21.1. The first-order chi connectivity index (χ1) is 28.0. The minimum atomic E-state index is -0.973. The fraction of sp³-hybridized carbons (Fsp3) is 0.160. The molecule has 4 unspecified atom stereocenters. The van der Waals surface area contributed by atoms with E-state index in [0.717, 1.165) is 50.3 Å². The lowest BCUT2D eigenvalue weighted by Crippen LogP contribution is -2.20. The van der Waals surface area contributed by atoms with Gasteiger partial charge in [-0.2, -0.15) is 0 Å². The summed E-state index contributed by atoms with van der Waals surface area (Å²) in [6.07, 6.45) is 5.52. The van der Waals surface area contributed by atoms with Gasteiger partial charge in [0, 0.05) is 57.1 Å². The van der Waals surface area contributed by atoms with E-state index in [0.29, 0.717) is 5.92 Å². The molecular formula is C50H44O6S2. The molecule has 8 heteroatoms. The number of phenolic OH excluding ortho intramolecular Hbond substituents is 2. The highest BCUT2D eigenvalue weighted by Crippen LogP contribution is 2.51. The van der Waals surface area contributed by atoms with Crippen LogP contribution in [-0.2, 0) is 9.59 Å². The topological polar surface area (TPSA) is 115 Å². The fourth-order valence-corrected chi connectivity index (χ4v) is 10.5. The highest BCUT2D eigenvalue weighted by molar-refractivity contribution is 7.99. The first-order valence-electron chi connectivity index (χ1n) is 19.1. The third kappa shape index (κ3) is 9.59. The maximum atomic E-state index is 10.8. The van der Waals surface area contributed by atoms with Crippen molar-refractivity contribution in [1.29, 1.82) is 0 Å². The molecule has 2 aliphatic rings. The van der Waals surface area contributed by atoms with Gasteiger partial charge in [-0.1, -0.05) is 109 Å².